The number of ether oxygens (including phenoxy) is 1. The molecular weight excluding hydrogens is 208 g/mol. The normalized spacial score (nSPS) is 11.5. The Labute approximate surface area is 93.1 Å². The zero-order valence-corrected chi connectivity index (χ0v) is 8.80. The Hall–Kier alpha value is -2.22. The summed E-state index contributed by atoms with van der Waals surface area (Å²) in [7, 11) is 0. The van der Waals surface area contributed by atoms with Gasteiger partial charge in [-0.15, -0.1) is 0 Å². The van der Waals surface area contributed by atoms with E-state index in [9.17, 15) is 4.79 Å². The number of anilines is 1. The molecule has 0 heterocycles. The van der Waals surface area contributed by atoms with Crippen LogP contribution in [0.25, 0.3) is 0 Å². The van der Waals surface area contributed by atoms with Crippen LogP contribution in [-0.2, 0) is 0 Å². The van der Waals surface area contributed by atoms with Gasteiger partial charge in [0.15, 0.2) is 6.10 Å². The zero-order valence-electron chi connectivity index (χ0n) is 8.80. The van der Waals surface area contributed by atoms with Gasteiger partial charge >= 0.3 is 5.97 Å². The third-order valence-electron chi connectivity index (χ3n) is 2.02. The molecule has 1 atom stereocenters. The van der Waals surface area contributed by atoms with E-state index >= 15 is 0 Å². The summed E-state index contributed by atoms with van der Waals surface area (Å²) in [6.45, 7) is 1.78. The second-order valence-electron chi connectivity index (χ2n) is 3.20. The second kappa shape index (κ2) is 5.03. The fourth-order valence-electron chi connectivity index (χ4n) is 1.17. The van der Waals surface area contributed by atoms with E-state index in [1.54, 1.807) is 6.92 Å². The largest absolute Gasteiger partial charge is 0.478 e. The standard InChI is InChI=1S/C11H12N2O3/c1-2-8(6-12)16-10-4-3-7(13)5-9(10)11(14)15/h3-5,8H,2,13H2,1H3,(H,14,15). The van der Waals surface area contributed by atoms with Crippen molar-refractivity contribution in [3.05, 3.63) is 23.8 Å². The van der Waals surface area contributed by atoms with Crippen LogP contribution in [0.2, 0.25) is 0 Å². The predicted octanol–water partition coefficient (Wildman–Crippen LogP) is 1.65. The SMILES string of the molecule is CCC(C#N)Oc1ccc(N)cc1C(=O)O. The number of carboxylic acid groups (broad SMARTS) is 1. The Morgan fingerprint density at radius 1 is 1.69 bits per heavy atom. The molecule has 3 N–H and O–H groups in total. The number of carbonyl (C=O) groups is 1. The van der Waals surface area contributed by atoms with Crippen LogP contribution in [-0.4, -0.2) is 17.2 Å². The van der Waals surface area contributed by atoms with Crippen molar-refractivity contribution >= 4 is 11.7 Å². The summed E-state index contributed by atoms with van der Waals surface area (Å²) in [6.07, 6.45) is -0.165. The number of hydrogen-bond donors (Lipinski definition) is 2. The van der Waals surface area contributed by atoms with Crippen molar-refractivity contribution < 1.29 is 14.6 Å². The Kier molecular flexibility index (Phi) is 3.72. The van der Waals surface area contributed by atoms with Crippen LogP contribution < -0.4 is 10.5 Å². The van der Waals surface area contributed by atoms with Crippen molar-refractivity contribution in [2.24, 2.45) is 0 Å². The predicted molar refractivity (Wildman–Crippen MR) is 58.1 cm³/mol. The number of benzene rings is 1. The minimum absolute atomic E-state index is 0.0336. The van der Waals surface area contributed by atoms with E-state index in [0.717, 1.165) is 0 Å². The first-order valence-electron chi connectivity index (χ1n) is 4.77. The van der Waals surface area contributed by atoms with Gasteiger partial charge < -0.3 is 15.6 Å². The third-order valence-corrected chi connectivity index (χ3v) is 2.02. The maximum absolute atomic E-state index is 10.9. The topological polar surface area (TPSA) is 96.3 Å². The third kappa shape index (κ3) is 2.64. The molecule has 0 aliphatic heterocycles. The molecule has 0 saturated heterocycles. The number of hydrogen-bond acceptors (Lipinski definition) is 4. The number of aromatic carboxylic acids is 1. The highest BCUT2D eigenvalue weighted by molar-refractivity contribution is 5.92. The molecule has 0 aliphatic carbocycles. The minimum atomic E-state index is -1.13. The van der Waals surface area contributed by atoms with E-state index in [2.05, 4.69) is 0 Å². The van der Waals surface area contributed by atoms with Crippen LogP contribution in [0.5, 0.6) is 5.75 Å². The van der Waals surface area contributed by atoms with Gasteiger partial charge in [0.05, 0.1) is 0 Å². The van der Waals surface area contributed by atoms with E-state index in [-0.39, 0.29) is 11.3 Å². The average Bonchev–Trinajstić information content (AvgIpc) is 2.27. The maximum atomic E-state index is 10.9. The van der Waals surface area contributed by atoms with Gasteiger partial charge in [-0.1, -0.05) is 6.92 Å². The van der Waals surface area contributed by atoms with Crippen LogP contribution in [0.15, 0.2) is 18.2 Å². The minimum Gasteiger partial charge on any atom is -0.478 e. The summed E-state index contributed by atoms with van der Waals surface area (Å²) in [6, 6.07) is 6.23. The average molecular weight is 220 g/mol. The summed E-state index contributed by atoms with van der Waals surface area (Å²) >= 11 is 0. The Balaban J connectivity index is 3.04. The maximum Gasteiger partial charge on any atom is 0.339 e. The smallest absolute Gasteiger partial charge is 0.339 e. The molecule has 0 bridgehead atoms. The molecule has 0 aliphatic rings. The molecule has 0 aromatic heterocycles. The fraction of sp³-hybridized carbons (Fsp3) is 0.273. The molecule has 0 fully saturated rings. The number of nitrogen functional groups attached to an aromatic ring is 1. The second-order valence-corrected chi connectivity index (χ2v) is 3.20. The van der Waals surface area contributed by atoms with Gasteiger partial charge in [0.1, 0.15) is 17.4 Å². The lowest BCUT2D eigenvalue weighted by atomic mass is 10.1. The van der Waals surface area contributed by atoms with E-state index in [0.29, 0.717) is 12.1 Å². The van der Waals surface area contributed by atoms with E-state index < -0.39 is 12.1 Å². The van der Waals surface area contributed by atoms with Gasteiger partial charge in [-0.05, 0) is 24.6 Å². The molecule has 0 spiro atoms. The first-order valence-corrected chi connectivity index (χ1v) is 4.77. The molecule has 0 amide bonds. The molecule has 5 heteroatoms. The van der Waals surface area contributed by atoms with Crippen molar-refractivity contribution in [3.63, 3.8) is 0 Å². The lowest BCUT2D eigenvalue weighted by Crippen LogP contribution is -2.14. The number of nitriles is 1. The van der Waals surface area contributed by atoms with Gasteiger partial charge in [0.2, 0.25) is 0 Å². The molecule has 1 aromatic carbocycles. The summed E-state index contributed by atoms with van der Waals surface area (Å²) < 4.78 is 5.26. The van der Waals surface area contributed by atoms with E-state index in [4.69, 9.17) is 20.8 Å². The molecule has 0 radical (unpaired) electrons. The monoisotopic (exact) mass is 220 g/mol. The zero-order chi connectivity index (χ0) is 12.1. The number of carboxylic acids is 1. The van der Waals surface area contributed by atoms with Gasteiger partial charge in [-0.25, -0.2) is 4.79 Å². The van der Waals surface area contributed by atoms with Gasteiger partial charge in [0.25, 0.3) is 0 Å². The van der Waals surface area contributed by atoms with Crippen LogP contribution >= 0.6 is 0 Å². The van der Waals surface area contributed by atoms with E-state index in [1.807, 2.05) is 6.07 Å². The Morgan fingerprint density at radius 2 is 2.38 bits per heavy atom. The number of rotatable bonds is 4. The van der Waals surface area contributed by atoms with Crippen LogP contribution in [0, 0.1) is 11.3 Å². The number of nitrogens with two attached hydrogens (primary N) is 1. The lowest BCUT2D eigenvalue weighted by molar-refractivity contribution is 0.0691. The van der Waals surface area contributed by atoms with Crippen LogP contribution in [0.3, 0.4) is 0 Å². The Bertz CT molecular complexity index is 437. The molecule has 84 valence electrons. The summed E-state index contributed by atoms with van der Waals surface area (Å²) in [5.41, 5.74) is 5.79. The summed E-state index contributed by atoms with van der Waals surface area (Å²) in [5, 5.41) is 17.7. The molecular formula is C11H12N2O3. The quantitative estimate of drug-likeness (QED) is 0.752. The summed E-state index contributed by atoms with van der Waals surface area (Å²) in [5.74, 6) is -0.967. The molecule has 5 nitrogen and oxygen atoms in total. The van der Waals surface area contributed by atoms with Crippen molar-refractivity contribution in [2.75, 3.05) is 5.73 Å². The fourth-order valence-corrected chi connectivity index (χ4v) is 1.17. The van der Waals surface area contributed by atoms with Gasteiger partial charge in [-0.3, -0.25) is 0 Å². The van der Waals surface area contributed by atoms with Crippen LogP contribution in [0.4, 0.5) is 5.69 Å². The molecule has 0 saturated carbocycles. The van der Waals surface area contributed by atoms with Crippen molar-refractivity contribution in [1.29, 1.82) is 5.26 Å². The Morgan fingerprint density at radius 3 is 2.88 bits per heavy atom. The van der Waals surface area contributed by atoms with Crippen LogP contribution in [0.1, 0.15) is 23.7 Å². The molecule has 1 unspecified atom stereocenters. The van der Waals surface area contributed by atoms with Crippen molar-refractivity contribution in [2.45, 2.75) is 19.4 Å². The number of nitrogens with zero attached hydrogens (tertiary/aromatic N) is 1. The van der Waals surface area contributed by atoms with E-state index in [1.165, 1.54) is 18.2 Å². The highest BCUT2D eigenvalue weighted by atomic mass is 16.5. The lowest BCUT2D eigenvalue weighted by Gasteiger charge is -2.12. The molecule has 1 aromatic rings. The van der Waals surface area contributed by atoms with Gasteiger partial charge in [-0.2, -0.15) is 5.26 Å². The van der Waals surface area contributed by atoms with Crippen molar-refractivity contribution in [3.8, 4) is 11.8 Å². The van der Waals surface area contributed by atoms with Crippen molar-refractivity contribution in [1.82, 2.24) is 0 Å². The highest BCUT2D eigenvalue weighted by Crippen LogP contribution is 2.23. The first kappa shape index (κ1) is 11.9. The summed E-state index contributed by atoms with van der Waals surface area (Å²) in [4.78, 5) is 10.9. The molecule has 16 heavy (non-hydrogen) atoms. The molecule has 1 rings (SSSR count). The first-order chi connectivity index (χ1) is 7.58. The van der Waals surface area contributed by atoms with Gasteiger partial charge in [0, 0.05) is 5.69 Å². The highest BCUT2D eigenvalue weighted by Gasteiger charge is 2.15.